The van der Waals surface area contributed by atoms with Crippen LogP contribution in [-0.4, -0.2) is 23.1 Å². The molecule has 0 aromatic heterocycles. The van der Waals surface area contributed by atoms with Crippen LogP contribution in [0.2, 0.25) is 5.02 Å². The SMILES string of the molecule is CCCC(NC(=O)NCc1ccc(Cl)cc1F)C(=O)O. The molecule has 5 nitrogen and oxygen atoms in total. The number of hydrogen-bond donors (Lipinski definition) is 3. The van der Waals surface area contributed by atoms with Gasteiger partial charge in [-0.25, -0.2) is 14.0 Å². The van der Waals surface area contributed by atoms with Crippen LogP contribution in [0.1, 0.15) is 25.3 Å². The average molecular weight is 303 g/mol. The lowest BCUT2D eigenvalue weighted by Gasteiger charge is -2.14. The van der Waals surface area contributed by atoms with Crippen molar-refractivity contribution >= 4 is 23.6 Å². The normalized spacial score (nSPS) is 11.8. The summed E-state index contributed by atoms with van der Waals surface area (Å²) < 4.78 is 13.5. The summed E-state index contributed by atoms with van der Waals surface area (Å²) in [7, 11) is 0. The minimum Gasteiger partial charge on any atom is -0.480 e. The highest BCUT2D eigenvalue weighted by molar-refractivity contribution is 6.30. The first-order chi connectivity index (χ1) is 9.43. The summed E-state index contributed by atoms with van der Waals surface area (Å²) >= 11 is 5.61. The molecule has 2 amide bonds. The van der Waals surface area contributed by atoms with Gasteiger partial charge in [-0.05, 0) is 18.6 Å². The van der Waals surface area contributed by atoms with Crippen molar-refractivity contribution in [3.63, 3.8) is 0 Å². The van der Waals surface area contributed by atoms with Crippen LogP contribution in [0, 0.1) is 5.82 Å². The van der Waals surface area contributed by atoms with Crippen molar-refractivity contribution in [1.29, 1.82) is 0 Å². The van der Waals surface area contributed by atoms with Gasteiger partial charge < -0.3 is 15.7 Å². The van der Waals surface area contributed by atoms with Gasteiger partial charge in [0.15, 0.2) is 0 Å². The highest BCUT2D eigenvalue weighted by Crippen LogP contribution is 2.14. The molecule has 1 aromatic carbocycles. The van der Waals surface area contributed by atoms with E-state index in [1.54, 1.807) is 0 Å². The Morgan fingerprint density at radius 3 is 2.70 bits per heavy atom. The number of carbonyl (C=O) groups is 2. The summed E-state index contributed by atoms with van der Waals surface area (Å²) in [6, 6.07) is 2.51. The lowest BCUT2D eigenvalue weighted by molar-refractivity contribution is -0.139. The van der Waals surface area contributed by atoms with Crippen LogP contribution in [0.3, 0.4) is 0 Å². The largest absolute Gasteiger partial charge is 0.480 e. The Morgan fingerprint density at radius 1 is 1.45 bits per heavy atom. The molecule has 1 unspecified atom stereocenters. The van der Waals surface area contributed by atoms with Crippen molar-refractivity contribution in [2.75, 3.05) is 0 Å². The Morgan fingerprint density at radius 2 is 2.15 bits per heavy atom. The molecular formula is C13H16ClFN2O3. The number of carboxylic acid groups (broad SMARTS) is 1. The second-order valence-corrected chi connectivity index (χ2v) is 4.68. The van der Waals surface area contributed by atoms with Crippen molar-refractivity contribution in [2.45, 2.75) is 32.4 Å². The Labute approximate surface area is 121 Å². The molecular weight excluding hydrogens is 287 g/mol. The maximum Gasteiger partial charge on any atom is 0.326 e. The van der Waals surface area contributed by atoms with Gasteiger partial charge in [0.25, 0.3) is 0 Å². The summed E-state index contributed by atoms with van der Waals surface area (Å²) in [6.45, 7) is 1.77. The Bertz CT molecular complexity index is 497. The fourth-order valence-electron chi connectivity index (χ4n) is 1.60. The smallest absolute Gasteiger partial charge is 0.326 e. The van der Waals surface area contributed by atoms with E-state index in [2.05, 4.69) is 10.6 Å². The van der Waals surface area contributed by atoms with E-state index in [0.29, 0.717) is 12.8 Å². The number of hydrogen-bond acceptors (Lipinski definition) is 2. The van der Waals surface area contributed by atoms with Gasteiger partial charge in [-0.15, -0.1) is 0 Å². The van der Waals surface area contributed by atoms with E-state index in [1.807, 2.05) is 6.92 Å². The minimum absolute atomic E-state index is 0.0483. The van der Waals surface area contributed by atoms with Crippen molar-refractivity contribution < 1.29 is 19.1 Å². The fourth-order valence-corrected chi connectivity index (χ4v) is 1.75. The van der Waals surface area contributed by atoms with Gasteiger partial charge in [-0.3, -0.25) is 0 Å². The Kier molecular flexibility index (Phi) is 6.24. The highest BCUT2D eigenvalue weighted by Gasteiger charge is 2.18. The summed E-state index contributed by atoms with van der Waals surface area (Å²) in [5.74, 6) is -1.62. The lowest BCUT2D eigenvalue weighted by atomic mass is 10.2. The number of nitrogens with one attached hydrogen (secondary N) is 2. The highest BCUT2D eigenvalue weighted by atomic mass is 35.5. The molecule has 0 aliphatic carbocycles. The first-order valence-electron chi connectivity index (χ1n) is 6.15. The predicted octanol–water partition coefficient (Wildman–Crippen LogP) is 2.53. The molecule has 1 atom stereocenters. The molecule has 0 spiro atoms. The monoisotopic (exact) mass is 302 g/mol. The third-order valence-electron chi connectivity index (χ3n) is 2.64. The maximum absolute atomic E-state index is 13.5. The van der Waals surface area contributed by atoms with E-state index < -0.39 is 23.9 Å². The number of rotatable bonds is 6. The van der Waals surface area contributed by atoms with E-state index in [1.165, 1.54) is 12.1 Å². The molecule has 7 heteroatoms. The lowest BCUT2D eigenvalue weighted by Crippen LogP contribution is -2.45. The zero-order chi connectivity index (χ0) is 15.1. The summed E-state index contributed by atoms with van der Waals surface area (Å²) in [4.78, 5) is 22.4. The summed E-state index contributed by atoms with van der Waals surface area (Å²) in [5.41, 5.74) is 0.270. The van der Waals surface area contributed by atoms with Crippen molar-refractivity contribution in [2.24, 2.45) is 0 Å². The van der Waals surface area contributed by atoms with E-state index >= 15 is 0 Å². The number of urea groups is 1. The van der Waals surface area contributed by atoms with Gasteiger partial charge in [0.05, 0.1) is 0 Å². The standard InChI is InChI=1S/C13H16ClFN2O3/c1-2-3-11(12(18)19)17-13(20)16-7-8-4-5-9(14)6-10(8)15/h4-6,11H,2-3,7H2,1H3,(H,18,19)(H2,16,17,20). The van der Waals surface area contributed by atoms with Crippen LogP contribution in [0.5, 0.6) is 0 Å². The van der Waals surface area contributed by atoms with Gasteiger partial charge in [-0.2, -0.15) is 0 Å². The van der Waals surface area contributed by atoms with Crippen LogP contribution in [-0.2, 0) is 11.3 Å². The quantitative estimate of drug-likeness (QED) is 0.755. The van der Waals surface area contributed by atoms with Crippen molar-refractivity contribution in [1.82, 2.24) is 10.6 Å². The maximum atomic E-state index is 13.5. The van der Waals surface area contributed by atoms with E-state index in [4.69, 9.17) is 16.7 Å². The second-order valence-electron chi connectivity index (χ2n) is 4.24. The molecule has 20 heavy (non-hydrogen) atoms. The Hall–Kier alpha value is -1.82. The molecule has 0 fully saturated rings. The number of amides is 2. The van der Waals surface area contributed by atoms with Crippen molar-refractivity contribution in [3.8, 4) is 0 Å². The molecule has 0 saturated carbocycles. The second kappa shape index (κ2) is 7.69. The van der Waals surface area contributed by atoms with Gasteiger partial charge in [0.1, 0.15) is 11.9 Å². The molecule has 0 aliphatic rings. The van der Waals surface area contributed by atoms with Crippen molar-refractivity contribution in [3.05, 3.63) is 34.6 Å². The minimum atomic E-state index is -1.10. The predicted molar refractivity (Wildman–Crippen MR) is 73.1 cm³/mol. The molecule has 0 bridgehead atoms. The molecule has 1 rings (SSSR count). The first kappa shape index (κ1) is 16.2. The van der Waals surface area contributed by atoms with Gasteiger partial charge in [0.2, 0.25) is 0 Å². The average Bonchev–Trinajstić information content (AvgIpc) is 2.37. The molecule has 0 radical (unpaired) electrons. The molecule has 3 N–H and O–H groups in total. The summed E-state index contributed by atoms with van der Waals surface area (Å²) in [6.07, 6.45) is 0.959. The topological polar surface area (TPSA) is 78.4 Å². The van der Waals surface area contributed by atoms with E-state index in [9.17, 15) is 14.0 Å². The number of aliphatic carboxylic acids is 1. The van der Waals surface area contributed by atoms with Gasteiger partial charge in [-0.1, -0.05) is 31.0 Å². The molecule has 1 aromatic rings. The number of halogens is 2. The van der Waals surface area contributed by atoms with E-state index in [0.717, 1.165) is 6.07 Å². The molecule has 0 aliphatic heterocycles. The third-order valence-corrected chi connectivity index (χ3v) is 2.87. The van der Waals surface area contributed by atoms with Crippen LogP contribution < -0.4 is 10.6 Å². The zero-order valence-electron chi connectivity index (χ0n) is 11.0. The van der Waals surface area contributed by atoms with Gasteiger partial charge >= 0.3 is 12.0 Å². The van der Waals surface area contributed by atoms with Crippen LogP contribution in [0.25, 0.3) is 0 Å². The zero-order valence-corrected chi connectivity index (χ0v) is 11.7. The third kappa shape index (κ3) is 5.05. The number of carbonyl (C=O) groups excluding carboxylic acids is 1. The molecule has 0 saturated heterocycles. The first-order valence-corrected chi connectivity index (χ1v) is 6.53. The van der Waals surface area contributed by atoms with Gasteiger partial charge in [0, 0.05) is 17.1 Å². The number of carboxylic acids is 1. The van der Waals surface area contributed by atoms with Crippen LogP contribution >= 0.6 is 11.6 Å². The van der Waals surface area contributed by atoms with Crippen LogP contribution in [0.4, 0.5) is 9.18 Å². The Balaban J connectivity index is 2.52. The van der Waals surface area contributed by atoms with Crippen LogP contribution in [0.15, 0.2) is 18.2 Å². The number of benzene rings is 1. The summed E-state index contributed by atoms with van der Waals surface area (Å²) in [5, 5.41) is 13.9. The van der Waals surface area contributed by atoms with E-state index in [-0.39, 0.29) is 17.1 Å². The molecule has 0 heterocycles. The fraction of sp³-hybridized carbons (Fsp3) is 0.385. The molecule has 110 valence electrons.